The van der Waals surface area contributed by atoms with Crippen LogP contribution in [0.15, 0.2) is 46.9 Å². The van der Waals surface area contributed by atoms with Crippen LogP contribution in [0, 0.1) is 12.3 Å². The number of hydrogen-bond donors (Lipinski definition) is 1. The van der Waals surface area contributed by atoms with Crippen LogP contribution in [-0.2, 0) is 0 Å². The summed E-state index contributed by atoms with van der Waals surface area (Å²) in [5.41, 5.74) is 2.46. The van der Waals surface area contributed by atoms with Crippen molar-refractivity contribution in [3.05, 3.63) is 58.1 Å². The van der Waals surface area contributed by atoms with Gasteiger partial charge in [-0.05, 0) is 43.2 Å². The van der Waals surface area contributed by atoms with E-state index in [1.807, 2.05) is 47.4 Å². The first kappa shape index (κ1) is 16.0. The maximum absolute atomic E-state index is 13.1. The van der Waals surface area contributed by atoms with E-state index in [1.165, 1.54) is 0 Å². The summed E-state index contributed by atoms with van der Waals surface area (Å²) in [5.74, 6) is 3.25. The SMILES string of the molecule is C#CCOc1ccc(Br)cc1C1Nc2ccccc2C(=O)N1C1CC1. The van der Waals surface area contributed by atoms with Gasteiger partial charge in [0, 0.05) is 21.8 Å². The molecule has 5 heteroatoms. The van der Waals surface area contributed by atoms with Crippen LogP contribution in [0.5, 0.6) is 5.75 Å². The molecule has 4 rings (SSSR count). The maximum Gasteiger partial charge on any atom is 0.258 e. The van der Waals surface area contributed by atoms with E-state index in [1.54, 1.807) is 0 Å². The van der Waals surface area contributed by atoms with Gasteiger partial charge in [0.05, 0.1) is 5.56 Å². The Morgan fingerprint density at radius 3 is 2.84 bits per heavy atom. The number of rotatable bonds is 4. The molecule has 1 unspecified atom stereocenters. The topological polar surface area (TPSA) is 41.6 Å². The molecule has 1 aliphatic carbocycles. The predicted molar refractivity (Wildman–Crippen MR) is 100 cm³/mol. The highest BCUT2D eigenvalue weighted by Gasteiger charge is 2.42. The average Bonchev–Trinajstić information content (AvgIpc) is 3.45. The largest absolute Gasteiger partial charge is 0.481 e. The number of halogens is 1. The summed E-state index contributed by atoms with van der Waals surface area (Å²) in [6.45, 7) is 0.190. The zero-order valence-corrected chi connectivity index (χ0v) is 15.1. The minimum Gasteiger partial charge on any atom is -0.481 e. The fraction of sp³-hybridized carbons (Fsp3) is 0.250. The van der Waals surface area contributed by atoms with Crippen LogP contribution >= 0.6 is 15.9 Å². The first-order valence-electron chi connectivity index (χ1n) is 8.23. The number of fused-ring (bicyclic) bond motifs is 1. The summed E-state index contributed by atoms with van der Waals surface area (Å²) in [7, 11) is 0. The third-order valence-electron chi connectivity index (χ3n) is 4.48. The van der Waals surface area contributed by atoms with Gasteiger partial charge in [0.15, 0.2) is 0 Å². The standard InChI is InChI=1S/C20H17BrN2O2/c1-2-11-25-18-10-7-13(21)12-16(18)19-22-17-6-4-3-5-15(17)20(24)23(19)14-8-9-14/h1,3-7,10,12,14,19,22H,8-9,11H2. The minimum absolute atomic E-state index is 0.0599. The van der Waals surface area contributed by atoms with Crippen molar-refractivity contribution in [3.63, 3.8) is 0 Å². The molecule has 2 aliphatic rings. The van der Waals surface area contributed by atoms with E-state index in [0.29, 0.717) is 11.3 Å². The van der Waals surface area contributed by atoms with Gasteiger partial charge < -0.3 is 15.0 Å². The van der Waals surface area contributed by atoms with Crippen LogP contribution in [0.1, 0.15) is 34.9 Å². The molecule has 25 heavy (non-hydrogen) atoms. The summed E-state index contributed by atoms with van der Waals surface area (Å²) in [6, 6.07) is 13.7. The molecule has 1 fully saturated rings. The second-order valence-electron chi connectivity index (χ2n) is 6.21. The van der Waals surface area contributed by atoms with Gasteiger partial charge in [-0.15, -0.1) is 6.42 Å². The normalized spacial score (nSPS) is 19.0. The zero-order valence-electron chi connectivity index (χ0n) is 13.5. The maximum atomic E-state index is 13.1. The molecule has 0 radical (unpaired) electrons. The van der Waals surface area contributed by atoms with Crippen molar-refractivity contribution in [1.82, 2.24) is 4.90 Å². The van der Waals surface area contributed by atoms with E-state index >= 15 is 0 Å². The number of nitrogens with one attached hydrogen (secondary N) is 1. The number of para-hydroxylation sites is 1. The van der Waals surface area contributed by atoms with Gasteiger partial charge in [-0.25, -0.2) is 0 Å². The molecule has 2 aromatic rings. The molecule has 2 aromatic carbocycles. The first-order valence-corrected chi connectivity index (χ1v) is 9.02. The highest BCUT2D eigenvalue weighted by atomic mass is 79.9. The van der Waals surface area contributed by atoms with Crippen LogP contribution in [0.25, 0.3) is 0 Å². The number of anilines is 1. The van der Waals surface area contributed by atoms with E-state index in [2.05, 4.69) is 27.2 Å². The molecule has 0 spiro atoms. The van der Waals surface area contributed by atoms with Gasteiger partial charge in [0.2, 0.25) is 0 Å². The number of carbonyl (C=O) groups excluding carboxylic acids is 1. The minimum atomic E-state index is -0.278. The van der Waals surface area contributed by atoms with Crippen LogP contribution in [0.4, 0.5) is 5.69 Å². The fourth-order valence-electron chi connectivity index (χ4n) is 3.21. The Hall–Kier alpha value is -2.45. The number of nitrogens with zero attached hydrogens (tertiary/aromatic N) is 1. The molecular weight excluding hydrogens is 380 g/mol. The van der Waals surface area contributed by atoms with Crippen molar-refractivity contribution in [1.29, 1.82) is 0 Å². The lowest BCUT2D eigenvalue weighted by Crippen LogP contribution is -2.44. The van der Waals surface area contributed by atoms with Gasteiger partial charge in [-0.3, -0.25) is 4.79 Å². The van der Waals surface area contributed by atoms with Crippen molar-refractivity contribution >= 4 is 27.5 Å². The van der Waals surface area contributed by atoms with Crippen LogP contribution < -0.4 is 10.1 Å². The van der Waals surface area contributed by atoms with Gasteiger partial charge >= 0.3 is 0 Å². The number of ether oxygens (including phenoxy) is 1. The monoisotopic (exact) mass is 396 g/mol. The molecule has 0 bridgehead atoms. The number of hydrogen-bond acceptors (Lipinski definition) is 3. The van der Waals surface area contributed by atoms with E-state index in [-0.39, 0.29) is 24.7 Å². The van der Waals surface area contributed by atoms with Gasteiger partial charge in [0.25, 0.3) is 5.91 Å². The Balaban J connectivity index is 1.80. The van der Waals surface area contributed by atoms with Crippen LogP contribution in [0.2, 0.25) is 0 Å². The van der Waals surface area contributed by atoms with E-state index in [9.17, 15) is 4.79 Å². The Labute approximate surface area is 155 Å². The highest BCUT2D eigenvalue weighted by Crippen LogP contribution is 2.43. The lowest BCUT2D eigenvalue weighted by atomic mass is 10.0. The smallest absolute Gasteiger partial charge is 0.258 e. The Morgan fingerprint density at radius 1 is 1.28 bits per heavy atom. The molecule has 126 valence electrons. The van der Waals surface area contributed by atoms with Crippen LogP contribution in [-0.4, -0.2) is 23.5 Å². The summed E-state index contributed by atoms with van der Waals surface area (Å²) in [4.78, 5) is 15.0. The second kappa shape index (κ2) is 6.45. The Bertz CT molecular complexity index is 870. The fourth-order valence-corrected chi connectivity index (χ4v) is 3.59. The number of benzene rings is 2. The lowest BCUT2D eigenvalue weighted by molar-refractivity contribution is 0.0664. The molecule has 0 aromatic heterocycles. The molecule has 1 N–H and O–H groups in total. The molecule has 1 aliphatic heterocycles. The van der Waals surface area contributed by atoms with Gasteiger partial charge in [-0.2, -0.15) is 0 Å². The molecular formula is C20H17BrN2O2. The van der Waals surface area contributed by atoms with Crippen molar-refractivity contribution in [3.8, 4) is 18.1 Å². The molecule has 1 saturated carbocycles. The number of terminal acetylenes is 1. The molecule has 0 saturated heterocycles. The van der Waals surface area contributed by atoms with Gasteiger partial charge in [0.1, 0.15) is 18.5 Å². The first-order chi connectivity index (χ1) is 12.2. The predicted octanol–water partition coefficient (Wildman–Crippen LogP) is 4.19. The number of carbonyl (C=O) groups is 1. The third kappa shape index (κ3) is 2.98. The van der Waals surface area contributed by atoms with Crippen molar-refractivity contribution in [2.24, 2.45) is 0 Å². The number of amides is 1. The average molecular weight is 397 g/mol. The highest BCUT2D eigenvalue weighted by molar-refractivity contribution is 9.10. The second-order valence-corrected chi connectivity index (χ2v) is 7.13. The summed E-state index contributed by atoms with van der Waals surface area (Å²) in [5, 5.41) is 3.51. The zero-order chi connectivity index (χ0) is 17.4. The summed E-state index contributed by atoms with van der Waals surface area (Å²) >= 11 is 3.52. The molecule has 1 atom stereocenters. The summed E-state index contributed by atoms with van der Waals surface area (Å²) in [6.07, 6.45) is 7.12. The van der Waals surface area contributed by atoms with Gasteiger partial charge in [-0.1, -0.05) is 34.0 Å². The quantitative estimate of drug-likeness (QED) is 0.787. The van der Waals surface area contributed by atoms with Crippen LogP contribution in [0.3, 0.4) is 0 Å². The Kier molecular flexibility index (Phi) is 4.14. The van der Waals surface area contributed by atoms with E-state index in [4.69, 9.17) is 11.2 Å². The molecule has 1 heterocycles. The summed E-state index contributed by atoms with van der Waals surface area (Å²) < 4.78 is 6.66. The Morgan fingerprint density at radius 2 is 2.08 bits per heavy atom. The third-order valence-corrected chi connectivity index (χ3v) is 4.97. The molecule has 4 nitrogen and oxygen atoms in total. The van der Waals surface area contributed by atoms with Crippen molar-refractivity contribution < 1.29 is 9.53 Å². The van der Waals surface area contributed by atoms with E-state index < -0.39 is 0 Å². The van der Waals surface area contributed by atoms with E-state index in [0.717, 1.165) is 28.6 Å². The lowest BCUT2D eigenvalue weighted by Gasteiger charge is -2.39. The molecule has 1 amide bonds. The van der Waals surface area contributed by atoms with Crippen molar-refractivity contribution in [2.75, 3.05) is 11.9 Å². The van der Waals surface area contributed by atoms with Crippen molar-refractivity contribution in [2.45, 2.75) is 25.0 Å².